The average molecular weight is 328 g/mol. The molecule has 2 aromatic heterocycles. The fourth-order valence-corrected chi connectivity index (χ4v) is 1.89. The fourth-order valence-electron chi connectivity index (χ4n) is 1.46. The molecule has 0 saturated heterocycles. The van der Waals surface area contributed by atoms with E-state index in [1.807, 2.05) is 0 Å². The minimum atomic E-state index is -1.01. The first-order valence-electron chi connectivity index (χ1n) is 5.93. The van der Waals surface area contributed by atoms with Gasteiger partial charge in [-0.1, -0.05) is 23.2 Å². The summed E-state index contributed by atoms with van der Waals surface area (Å²) in [6, 6.07) is 4.64. The highest BCUT2D eigenvalue weighted by Crippen LogP contribution is 2.22. The number of aromatic amines is 1. The second-order valence-corrected chi connectivity index (χ2v) is 4.95. The highest BCUT2D eigenvalue weighted by Gasteiger charge is 2.20. The van der Waals surface area contributed by atoms with E-state index in [1.54, 1.807) is 18.3 Å². The van der Waals surface area contributed by atoms with E-state index < -0.39 is 18.0 Å². The predicted molar refractivity (Wildman–Crippen MR) is 78.6 cm³/mol. The van der Waals surface area contributed by atoms with Crippen LogP contribution in [0.15, 0.2) is 30.6 Å². The maximum atomic E-state index is 11.9. The molecule has 6 nitrogen and oxygen atoms in total. The van der Waals surface area contributed by atoms with Gasteiger partial charge in [-0.15, -0.1) is 0 Å². The highest BCUT2D eigenvalue weighted by atomic mass is 35.5. The van der Waals surface area contributed by atoms with Crippen molar-refractivity contribution in [1.82, 2.24) is 9.97 Å². The summed E-state index contributed by atoms with van der Waals surface area (Å²) in [6.45, 7) is 1.44. The second-order valence-electron chi connectivity index (χ2n) is 4.10. The Bertz CT molecular complexity index is 659. The van der Waals surface area contributed by atoms with Crippen molar-refractivity contribution >= 4 is 40.9 Å². The number of hydrogen-bond acceptors (Lipinski definition) is 4. The number of carbonyl (C=O) groups excluding carboxylic acids is 2. The Balaban J connectivity index is 1.98. The molecule has 110 valence electrons. The maximum absolute atomic E-state index is 11.9. The summed E-state index contributed by atoms with van der Waals surface area (Å²) in [6.07, 6.45) is 1.92. The molecule has 0 spiro atoms. The van der Waals surface area contributed by atoms with Crippen LogP contribution in [-0.2, 0) is 9.53 Å². The SMILES string of the molecule is C[C@@H](OC(=O)c1ccc[nH]1)C(=O)Nc1ncc(Cl)cc1Cl. The Hall–Kier alpha value is -2.05. The van der Waals surface area contributed by atoms with Crippen molar-refractivity contribution in [2.75, 3.05) is 5.32 Å². The average Bonchev–Trinajstić information content (AvgIpc) is 2.95. The van der Waals surface area contributed by atoms with Crippen LogP contribution in [0.5, 0.6) is 0 Å². The van der Waals surface area contributed by atoms with Gasteiger partial charge in [0.1, 0.15) is 5.69 Å². The number of rotatable bonds is 4. The lowest BCUT2D eigenvalue weighted by atomic mass is 10.3. The predicted octanol–water partition coefficient (Wildman–Crippen LogP) is 2.90. The van der Waals surface area contributed by atoms with Crippen LogP contribution in [0.25, 0.3) is 0 Å². The standard InChI is InChI=1S/C13H11Cl2N3O3/c1-7(21-13(20)10-3-2-4-16-10)12(19)18-11-9(15)5-8(14)6-17-11/h2-7,16H,1H3,(H,17,18,19)/t7-/m1/s1. The quantitative estimate of drug-likeness (QED) is 0.845. The zero-order chi connectivity index (χ0) is 15.4. The summed E-state index contributed by atoms with van der Waals surface area (Å²) in [5, 5.41) is 3.00. The third-order valence-corrected chi connectivity index (χ3v) is 3.02. The zero-order valence-electron chi connectivity index (χ0n) is 10.9. The van der Waals surface area contributed by atoms with Gasteiger partial charge in [0.15, 0.2) is 11.9 Å². The van der Waals surface area contributed by atoms with Crippen LogP contribution in [0.2, 0.25) is 10.0 Å². The third kappa shape index (κ3) is 3.96. The van der Waals surface area contributed by atoms with Crippen LogP contribution in [0.4, 0.5) is 5.82 Å². The number of pyridine rings is 1. The monoisotopic (exact) mass is 327 g/mol. The molecule has 0 fully saturated rings. The smallest absolute Gasteiger partial charge is 0.355 e. The highest BCUT2D eigenvalue weighted by molar-refractivity contribution is 6.36. The topological polar surface area (TPSA) is 84.1 Å². The summed E-state index contributed by atoms with van der Waals surface area (Å²) >= 11 is 11.6. The van der Waals surface area contributed by atoms with Crippen LogP contribution in [0, 0.1) is 0 Å². The first kappa shape index (κ1) is 15.3. The molecular formula is C13H11Cl2N3O3. The Morgan fingerprint density at radius 1 is 1.43 bits per heavy atom. The van der Waals surface area contributed by atoms with E-state index in [9.17, 15) is 9.59 Å². The first-order chi connectivity index (χ1) is 9.97. The van der Waals surface area contributed by atoms with Crippen molar-refractivity contribution < 1.29 is 14.3 Å². The minimum absolute atomic E-state index is 0.147. The van der Waals surface area contributed by atoms with Gasteiger partial charge < -0.3 is 15.0 Å². The third-order valence-electron chi connectivity index (χ3n) is 2.52. The number of anilines is 1. The summed E-state index contributed by atoms with van der Waals surface area (Å²) < 4.78 is 5.01. The van der Waals surface area contributed by atoms with Gasteiger partial charge in [-0.3, -0.25) is 4.79 Å². The van der Waals surface area contributed by atoms with E-state index in [-0.39, 0.29) is 16.5 Å². The van der Waals surface area contributed by atoms with Crippen LogP contribution < -0.4 is 5.32 Å². The van der Waals surface area contributed by atoms with Crippen LogP contribution in [0.3, 0.4) is 0 Å². The molecule has 0 saturated carbocycles. The summed E-state index contributed by atoms with van der Waals surface area (Å²) in [5.74, 6) is -1.03. The number of H-pyrrole nitrogens is 1. The first-order valence-corrected chi connectivity index (χ1v) is 6.69. The van der Waals surface area contributed by atoms with E-state index in [1.165, 1.54) is 19.2 Å². The van der Waals surface area contributed by atoms with Crippen LogP contribution in [-0.4, -0.2) is 27.9 Å². The molecule has 0 aliphatic rings. The van der Waals surface area contributed by atoms with Crippen molar-refractivity contribution in [2.24, 2.45) is 0 Å². The number of hydrogen-bond donors (Lipinski definition) is 2. The lowest BCUT2D eigenvalue weighted by Crippen LogP contribution is -2.30. The Kier molecular flexibility index (Phi) is 4.82. The number of aromatic nitrogens is 2. The Morgan fingerprint density at radius 3 is 2.81 bits per heavy atom. The molecule has 1 atom stereocenters. The van der Waals surface area contributed by atoms with Crippen LogP contribution >= 0.6 is 23.2 Å². The molecule has 0 unspecified atom stereocenters. The van der Waals surface area contributed by atoms with E-state index >= 15 is 0 Å². The molecule has 0 radical (unpaired) electrons. The summed E-state index contributed by atoms with van der Waals surface area (Å²) in [5.41, 5.74) is 0.261. The molecule has 0 aliphatic carbocycles. The van der Waals surface area contributed by atoms with Crippen molar-refractivity contribution in [2.45, 2.75) is 13.0 Å². The summed E-state index contributed by atoms with van der Waals surface area (Å²) in [7, 11) is 0. The molecule has 8 heteroatoms. The molecule has 21 heavy (non-hydrogen) atoms. The zero-order valence-corrected chi connectivity index (χ0v) is 12.4. The molecule has 0 bridgehead atoms. The number of ether oxygens (including phenoxy) is 1. The van der Waals surface area contributed by atoms with E-state index in [4.69, 9.17) is 27.9 Å². The summed E-state index contributed by atoms with van der Waals surface area (Å²) in [4.78, 5) is 30.2. The molecular weight excluding hydrogens is 317 g/mol. The van der Waals surface area contributed by atoms with E-state index in [2.05, 4.69) is 15.3 Å². The van der Waals surface area contributed by atoms with Crippen LogP contribution in [0.1, 0.15) is 17.4 Å². The van der Waals surface area contributed by atoms with Gasteiger partial charge in [0.25, 0.3) is 5.91 Å². The van der Waals surface area contributed by atoms with Crippen molar-refractivity contribution in [3.05, 3.63) is 46.3 Å². The van der Waals surface area contributed by atoms with Gasteiger partial charge in [-0.2, -0.15) is 0 Å². The number of carbonyl (C=O) groups is 2. The number of nitrogens with zero attached hydrogens (tertiary/aromatic N) is 1. The van der Waals surface area contributed by atoms with Gasteiger partial charge in [0.05, 0.1) is 10.0 Å². The molecule has 0 aliphatic heterocycles. The molecule has 2 heterocycles. The minimum Gasteiger partial charge on any atom is -0.448 e. The number of esters is 1. The van der Waals surface area contributed by atoms with Crippen molar-refractivity contribution in [1.29, 1.82) is 0 Å². The maximum Gasteiger partial charge on any atom is 0.355 e. The van der Waals surface area contributed by atoms with Crippen molar-refractivity contribution in [3.8, 4) is 0 Å². The number of amides is 1. The molecule has 1 amide bonds. The Morgan fingerprint density at radius 2 is 2.19 bits per heavy atom. The van der Waals surface area contributed by atoms with Gasteiger partial charge in [-0.25, -0.2) is 9.78 Å². The van der Waals surface area contributed by atoms with Gasteiger partial charge in [-0.05, 0) is 25.1 Å². The second kappa shape index (κ2) is 6.60. The van der Waals surface area contributed by atoms with E-state index in [0.29, 0.717) is 5.02 Å². The largest absolute Gasteiger partial charge is 0.448 e. The molecule has 2 rings (SSSR count). The normalized spacial score (nSPS) is 11.8. The lowest BCUT2D eigenvalue weighted by molar-refractivity contribution is -0.123. The molecule has 2 aromatic rings. The van der Waals surface area contributed by atoms with Gasteiger partial charge in [0.2, 0.25) is 0 Å². The van der Waals surface area contributed by atoms with Gasteiger partial charge >= 0.3 is 5.97 Å². The molecule has 2 N–H and O–H groups in total. The fraction of sp³-hybridized carbons (Fsp3) is 0.154. The van der Waals surface area contributed by atoms with Crippen molar-refractivity contribution in [3.63, 3.8) is 0 Å². The lowest BCUT2D eigenvalue weighted by Gasteiger charge is -2.13. The van der Waals surface area contributed by atoms with Gasteiger partial charge in [0, 0.05) is 12.4 Å². The Labute approximate surface area is 130 Å². The molecule has 0 aromatic carbocycles. The number of halogens is 2. The van der Waals surface area contributed by atoms with E-state index in [0.717, 1.165) is 0 Å². The number of nitrogens with one attached hydrogen (secondary N) is 2.